The SMILES string of the molecule is CCCCCOc1ccc(-c2ccc(-c3ccc(C(=O)N[C@H]4C[C@@H](O)[C@@H](C)NC(=O)C5[C@@H](O)[C@@H](C)CN5C(=O)C([C@@H](C)O)NC(=O)C([C@H](O)[C@@H](O)c5ccc(O)cc5)CC(=O)C5C[C@@H](O)CN5C(=O)C([C@@H](C)O)NC4=O)cc3)cc2)cc1.COCCOCCOCCOCCO. The van der Waals surface area contributed by atoms with Gasteiger partial charge in [0.2, 0.25) is 29.5 Å². The van der Waals surface area contributed by atoms with Gasteiger partial charge in [0, 0.05) is 50.9 Å². The van der Waals surface area contributed by atoms with Crippen molar-refractivity contribution < 1.29 is 103 Å². The summed E-state index contributed by atoms with van der Waals surface area (Å²) in [6, 6.07) is 16.9. The maximum Gasteiger partial charge on any atom is 0.251 e. The average Bonchev–Trinajstić information content (AvgIpc) is 1.61. The van der Waals surface area contributed by atoms with Crippen molar-refractivity contribution in [3.8, 4) is 33.8 Å². The lowest BCUT2D eigenvalue weighted by atomic mass is 9.86. The summed E-state index contributed by atoms with van der Waals surface area (Å²) in [4.78, 5) is 103. The van der Waals surface area contributed by atoms with Crippen LogP contribution in [0, 0.1) is 11.8 Å². The minimum Gasteiger partial charge on any atom is -0.508 e. The number of amides is 6. The van der Waals surface area contributed by atoms with Gasteiger partial charge in [-0.3, -0.25) is 33.6 Å². The maximum atomic E-state index is 14.5. The standard InChI is InChI=1S/C60H76N6O16.C9H20O5/c1-6-7-8-25-82-43-23-19-38(20-24-43)36-11-9-35(10-12-36)37-13-15-40(16-14-37)55(76)62-45-28-47(71)32(3)61-58(79)51-52(73)31(2)29-66(51)60(81)50(34(5)68)63-56(77)44(54(75)53(74)39-17-21-41(69)22-18-39)27-48(72)46-26-42(70)30-65(46)59(80)49(33(4)67)64-57(45)78;1-11-4-5-13-8-9-14-7-6-12-3-2-10/h9-24,31-34,42,44-47,49-54,67-71,73-75H,6-8,25-30H2,1-5H3,(H,61,79)(H,62,76)(H,63,77)(H,64,78);10H,2-9H2,1H3/t31-,32+,33+,34+,42+,44?,45-,46?,47+,49?,50?,51?,52-,53-,54-;/m0./s1. The third-order valence-electron chi connectivity index (χ3n) is 17.1. The fraction of sp³-hybridized carbons (Fsp3) is 0.551. The molecule has 0 aliphatic carbocycles. The fourth-order valence-corrected chi connectivity index (χ4v) is 11.4. The molecule has 6 amide bonds. The van der Waals surface area contributed by atoms with Crippen molar-refractivity contribution in [2.75, 3.05) is 79.7 Å². The third kappa shape index (κ3) is 22.0. The van der Waals surface area contributed by atoms with E-state index < -0.39 is 158 Å². The van der Waals surface area contributed by atoms with Crippen LogP contribution in [0.5, 0.6) is 11.5 Å². The van der Waals surface area contributed by atoms with Gasteiger partial charge in [-0.2, -0.15) is 0 Å². The Balaban J connectivity index is 0.000000930. The van der Waals surface area contributed by atoms with E-state index in [2.05, 4.69) is 28.2 Å². The Morgan fingerprint density at radius 3 is 1.69 bits per heavy atom. The number of hydrogen-bond acceptors (Lipinski definition) is 21. The Labute approximate surface area is 559 Å². The predicted molar refractivity (Wildman–Crippen MR) is 349 cm³/mol. The molecule has 3 saturated heterocycles. The molecule has 4 aromatic carbocycles. The normalized spacial score (nSPS) is 25.2. The number of phenols is 1. The van der Waals surface area contributed by atoms with Gasteiger partial charge in [0.05, 0.1) is 114 Å². The highest BCUT2D eigenvalue weighted by Gasteiger charge is 2.50. The summed E-state index contributed by atoms with van der Waals surface area (Å²) in [6.07, 6.45) is -10.9. The zero-order valence-corrected chi connectivity index (χ0v) is 55.2. The molecule has 0 spiro atoms. The third-order valence-corrected chi connectivity index (χ3v) is 17.1. The highest BCUT2D eigenvalue weighted by Crippen LogP contribution is 2.32. The summed E-state index contributed by atoms with van der Waals surface area (Å²) in [7, 11) is 1.64. The van der Waals surface area contributed by atoms with Crippen molar-refractivity contribution in [1.82, 2.24) is 31.1 Å². The highest BCUT2D eigenvalue weighted by atomic mass is 16.6. The molecule has 13 N–H and O–H groups in total. The molecular weight excluding hydrogens is 1250 g/mol. The van der Waals surface area contributed by atoms with E-state index in [-0.39, 0.29) is 30.0 Å². The second-order valence-electron chi connectivity index (χ2n) is 24.5. The fourth-order valence-electron chi connectivity index (χ4n) is 11.4. The van der Waals surface area contributed by atoms with Crippen LogP contribution in [0.1, 0.15) is 95.2 Å². The number of ketones is 1. The number of carbonyl (C=O) groups excluding carboxylic acids is 7. The topological polar surface area (TPSA) is 402 Å². The number of unbranched alkanes of at least 4 members (excludes halogenated alkanes) is 2. The monoisotopic (exact) mass is 1340 g/mol. The number of nitrogens with zero attached hydrogens (tertiary/aromatic N) is 2. The number of nitrogens with one attached hydrogen (secondary N) is 4. The molecule has 0 radical (unpaired) electrons. The molecule has 27 heteroatoms. The molecule has 3 heterocycles. The Morgan fingerprint density at radius 2 is 1.15 bits per heavy atom. The van der Waals surface area contributed by atoms with E-state index >= 15 is 0 Å². The summed E-state index contributed by atoms with van der Waals surface area (Å²) >= 11 is 0. The number of fused-ring (bicyclic) bond motifs is 2. The van der Waals surface area contributed by atoms with E-state index in [1.807, 2.05) is 48.5 Å². The zero-order valence-electron chi connectivity index (χ0n) is 55.2. The molecule has 3 fully saturated rings. The summed E-state index contributed by atoms with van der Waals surface area (Å²) in [6.45, 7) is 11.0. The minimum absolute atomic E-state index is 0.0141. The first-order valence-corrected chi connectivity index (χ1v) is 32.6. The van der Waals surface area contributed by atoms with Crippen LogP contribution in [0.3, 0.4) is 0 Å². The lowest BCUT2D eigenvalue weighted by Crippen LogP contribution is -2.61. The van der Waals surface area contributed by atoms with Gasteiger partial charge in [0.15, 0.2) is 5.78 Å². The molecule has 3 aliphatic heterocycles. The first-order chi connectivity index (χ1) is 45.9. The zero-order chi connectivity index (χ0) is 70.2. The van der Waals surface area contributed by atoms with Gasteiger partial charge in [-0.05, 0) is 91.4 Å². The summed E-state index contributed by atoms with van der Waals surface area (Å²) in [5.41, 5.74) is 3.61. The van der Waals surface area contributed by atoms with Crippen LogP contribution in [0.4, 0.5) is 0 Å². The van der Waals surface area contributed by atoms with E-state index in [1.54, 1.807) is 19.2 Å². The molecule has 7 rings (SSSR count). The number of hydrogen-bond donors (Lipinski definition) is 13. The number of aliphatic hydroxyl groups is 8. The van der Waals surface area contributed by atoms with E-state index in [4.69, 9.17) is 28.8 Å². The van der Waals surface area contributed by atoms with Crippen molar-refractivity contribution in [3.05, 3.63) is 108 Å². The van der Waals surface area contributed by atoms with Crippen molar-refractivity contribution in [3.63, 3.8) is 0 Å². The van der Waals surface area contributed by atoms with Crippen molar-refractivity contribution in [1.29, 1.82) is 0 Å². The summed E-state index contributed by atoms with van der Waals surface area (Å²) < 4.78 is 26.0. The van der Waals surface area contributed by atoms with Crippen LogP contribution in [0.15, 0.2) is 97.1 Å². The lowest BCUT2D eigenvalue weighted by molar-refractivity contribution is -0.148. The molecule has 96 heavy (non-hydrogen) atoms. The molecule has 0 saturated carbocycles. The van der Waals surface area contributed by atoms with Crippen LogP contribution < -0.4 is 26.0 Å². The average molecular weight is 1350 g/mol. The van der Waals surface area contributed by atoms with Gasteiger partial charge in [0.25, 0.3) is 5.91 Å². The van der Waals surface area contributed by atoms with Gasteiger partial charge in [0.1, 0.15) is 41.8 Å². The van der Waals surface area contributed by atoms with Crippen molar-refractivity contribution >= 4 is 41.2 Å². The first-order valence-electron chi connectivity index (χ1n) is 32.6. The number of benzene rings is 4. The Bertz CT molecular complexity index is 3090. The number of Topliss-reactive ketones (excluding diaryl/α,β-unsaturated/α-hetero) is 1. The summed E-state index contributed by atoms with van der Waals surface area (Å²) in [5.74, 6) is -9.40. The predicted octanol–water partition coefficient (Wildman–Crippen LogP) is 0.909. The number of carbonyl (C=O) groups is 7. The molecule has 27 nitrogen and oxygen atoms in total. The van der Waals surface area contributed by atoms with E-state index in [0.717, 1.165) is 70.9 Å². The van der Waals surface area contributed by atoms with E-state index in [9.17, 15) is 74.4 Å². The molecule has 0 bridgehead atoms. The second-order valence-corrected chi connectivity index (χ2v) is 24.5. The molecular formula is C69H96N6O21. The quantitative estimate of drug-likeness (QED) is 0.0410. The van der Waals surface area contributed by atoms with Crippen molar-refractivity contribution in [2.45, 2.75) is 152 Å². The molecule has 4 aromatic rings. The second kappa shape index (κ2) is 38.4. The Hall–Kier alpha value is -7.51. The Morgan fingerprint density at radius 1 is 0.625 bits per heavy atom. The van der Waals surface area contributed by atoms with Crippen LogP contribution in [0.25, 0.3) is 22.3 Å². The smallest absolute Gasteiger partial charge is 0.251 e. The first kappa shape index (κ1) is 77.5. The largest absolute Gasteiger partial charge is 0.508 e. The van der Waals surface area contributed by atoms with Gasteiger partial charge in [-0.25, -0.2) is 0 Å². The van der Waals surface area contributed by atoms with E-state index in [0.29, 0.717) is 52.9 Å². The molecule has 15 atom stereocenters. The number of ether oxygens (including phenoxy) is 5. The van der Waals surface area contributed by atoms with Gasteiger partial charge in [-0.15, -0.1) is 0 Å². The number of aromatic hydroxyl groups is 1. The molecule has 3 aliphatic rings. The van der Waals surface area contributed by atoms with Crippen LogP contribution in [-0.4, -0.2) is 250 Å². The number of methoxy groups -OCH3 is 1. The van der Waals surface area contributed by atoms with Crippen LogP contribution in [-0.2, 0) is 47.7 Å². The molecule has 5 unspecified atom stereocenters. The maximum absolute atomic E-state index is 14.5. The lowest BCUT2D eigenvalue weighted by Gasteiger charge is -2.33. The molecule has 528 valence electrons. The number of phenolic OH excluding ortho intramolecular Hbond substituents is 1. The minimum atomic E-state index is -2.15. The van der Waals surface area contributed by atoms with Crippen LogP contribution in [0.2, 0.25) is 0 Å². The number of rotatable bonds is 25. The van der Waals surface area contributed by atoms with E-state index in [1.165, 1.54) is 50.2 Å². The summed E-state index contributed by atoms with van der Waals surface area (Å²) in [5, 5.41) is 108. The van der Waals surface area contributed by atoms with Gasteiger partial charge >= 0.3 is 0 Å². The number of aliphatic hydroxyl groups excluding tert-OH is 8. The molecule has 0 aromatic heterocycles. The highest BCUT2D eigenvalue weighted by molar-refractivity contribution is 6.00. The Kier molecular flexibility index (Phi) is 31.0. The van der Waals surface area contributed by atoms with Crippen LogP contribution >= 0.6 is 0 Å². The van der Waals surface area contributed by atoms with Crippen molar-refractivity contribution in [2.24, 2.45) is 11.8 Å². The van der Waals surface area contributed by atoms with Gasteiger partial charge < -0.3 is 101 Å². The van der Waals surface area contributed by atoms with Gasteiger partial charge in [-0.1, -0.05) is 87.4 Å².